The molecule has 1 atom stereocenters. The Morgan fingerprint density at radius 2 is 1.93 bits per heavy atom. The van der Waals surface area contributed by atoms with Gasteiger partial charge in [-0.1, -0.05) is 32.9 Å². The number of amides is 1. The zero-order valence-electron chi connectivity index (χ0n) is 17.0. The Labute approximate surface area is 166 Å². The van der Waals surface area contributed by atoms with Crippen LogP contribution in [-0.2, 0) is 4.79 Å². The van der Waals surface area contributed by atoms with Gasteiger partial charge in [0.25, 0.3) is 0 Å². The van der Waals surface area contributed by atoms with E-state index in [2.05, 4.69) is 31.0 Å². The van der Waals surface area contributed by atoms with Crippen LogP contribution in [0.15, 0.2) is 47.1 Å². The molecule has 6 heteroatoms. The first kappa shape index (κ1) is 20.4. The first-order valence-corrected chi connectivity index (χ1v) is 9.98. The van der Waals surface area contributed by atoms with Gasteiger partial charge in [0, 0.05) is 6.42 Å². The van der Waals surface area contributed by atoms with Crippen LogP contribution in [0.25, 0.3) is 0 Å². The van der Waals surface area contributed by atoms with Gasteiger partial charge in [0.15, 0.2) is 11.8 Å². The van der Waals surface area contributed by atoms with Crippen molar-refractivity contribution in [3.63, 3.8) is 0 Å². The number of rotatable bonds is 6. The van der Waals surface area contributed by atoms with Crippen molar-refractivity contribution in [1.82, 2.24) is 5.32 Å². The summed E-state index contributed by atoms with van der Waals surface area (Å²) in [4.78, 5) is 15.7. The molecule has 0 radical (unpaired) electrons. The molecule has 1 aromatic carbocycles. The fourth-order valence-corrected chi connectivity index (χ4v) is 3.79. The Morgan fingerprint density at radius 3 is 2.54 bits per heavy atom. The van der Waals surface area contributed by atoms with Crippen molar-refractivity contribution in [2.24, 2.45) is 5.41 Å². The Morgan fingerprint density at radius 1 is 1.21 bits per heavy atom. The van der Waals surface area contributed by atoms with E-state index in [0.717, 1.165) is 31.9 Å². The van der Waals surface area contributed by atoms with Gasteiger partial charge in [0.05, 0.1) is 44.7 Å². The molecule has 1 aliphatic rings. The number of carbonyl (C=O) groups excluding carboxylic acids is 1. The smallest absolute Gasteiger partial charge is 0.220 e. The van der Waals surface area contributed by atoms with Crippen molar-refractivity contribution in [1.29, 1.82) is 0 Å². The predicted molar refractivity (Wildman–Crippen MR) is 108 cm³/mol. The zero-order valence-corrected chi connectivity index (χ0v) is 17.0. The minimum atomic E-state index is -0.178. The van der Waals surface area contributed by atoms with Gasteiger partial charge in [-0.3, -0.25) is 4.79 Å². The number of quaternary nitrogens is 1. The lowest BCUT2D eigenvalue weighted by Gasteiger charge is -2.37. The SMILES string of the molecule is CC(C)(C)CC(=O)NC[C@H](c1ccco1)[NH+]1CCN(c2ccccc2F)CC1. The summed E-state index contributed by atoms with van der Waals surface area (Å²) in [5.41, 5.74) is 0.622. The van der Waals surface area contributed by atoms with Gasteiger partial charge >= 0.3 is 0 Å². The van der Waals surface area contributed by atoms with Crippen molar-refractivity contribution in [2.45, 2.75) is 33.2 Å². The van der Waals surface area contributed by atoms with Crippen LogP contribution in [0.1, 0.15) is 39.0 Å². The molecule has 2 N–H and O–H groups in total. The Kier molecular flexibility index (Phi) is 6.39. The lowest BCUT2D eigenvalue weighted by Crippen LogP contribution is -3.15. The molecule has 5 nitrogen and oxygen atoms in total. The van der Waals surface area contributed by atoms with Crippen molar-refractivity contribution in [3.8, 4) is 0 Å². The van der Waals surface area contributed by atoms with Gasteiger partial charge in [-0.15, -0.1) is 0 Å². The molecular weight excluding hydrogens is 357 g/mol. The third-order valence-electron chi connectivity index (χ3n) is 5.17. The lowest BCUT2D eigenvalue weighted by molar-refractivity contribution is -0.932. The van der Waals surface area contributed by atoms with E-state index < -0.39 is 0 Å². The van der Waals surface area contributed by atoms with Gasteiger partial charge in [0.1, 0.15) is 5.82 Å². The van der Waals surface area contributed by atoms with Crippen LogP contribution < -0.4 is 15.1 Å². The van der Waals surface area contributed by atoms with Crippen LogP contribution in [0, 0.1) is 11.2 Å². The first-order chi connectivity index (χ1) is 13.3. The Balaban J connectivity index is 1.62. The summed E-state index contributed by atoms with van der Waals surface area (Å²) in [6, 6.07) is 10.8. The summed E-state index contributed by atoms with van der Waals surface area (Å²) in [6.45, 7) is 9.96. The van der Waals surface area contributed by atoms with E-state index in [0.29, 0.717) is 18.7 Å². The van der Waals surface area contributed by atoms with Gasteiger partial charge in [-0.2, -0.15) is 0 Å². The minimum absolute atomic E-state index is 0.0392. The molecule has 0 spiro atoms. The van der Waals surface area contributed by atoms with Crippen LogP contribution in [0.5, 0.6) is 0 Å². The maximum absolute atomic E-state index is 14.1. The molecular formula is C22H31FN3O2+. The molecule has 1 amide bonds. The summed E-state index contributed by atoms with van der Waals surface area (Å²) in [5.74, 6) is 0.766. The molecule has 0 aliphatic carbocycles. The topological polar surface area (TPSA) is 49.9 Å². The van der Waals surface area contributed by atoms with Crippen molar-refractivity contribution in [3.05, 3.63) is 54.2 Å². The number of nitrogens with one attached hydrogen (secondary N) is 2. The number of hydrogen-bond acceptors (Lipinski definition) is 3. The number of hydrogen-bond donors (Lipinski definition) is 2. The molecule has 28 heavy (non-hydrogen) atoms. The molecule has 0 bridgehead atoms. The summed E-state index contributed by atoms with van der Waals surface area (Å²) in [5, 5.41) is 3.08. The molecule has 0 unspecified atom stereocenters. The van der Waals surface area contributed by atoms with Gasteiger partial charge < -0.3 is 19.5 Å². The molecule has 2 aromatic rings. The Bertz CT molecular complexity index is 762. The molecule has 2 heterocycles. The lowest BCUT2D eigenvalue weighted by atomic mass is 9.92. The number of nitrogens with zero attached hydrogens (tertiary/aromatic N) is 1. The second-order valence-corrected chi connectivity index (χ2v) is 8.71. The van der Waals surface area contributed by atoms with Crippen LogP contribution >= 0.6 is 0 Å². The quantitative estimate of drug-likeness (QED) is 0.799. The van der Waals surface area contributed by atoms with E-state index in [1.807, 2.05) is 24.3 Å². The fourth-order valence-electron chi connectivity index (χ4n) is 3.79. The second kappa shape index (κ2) is 8.78. The summed E-state index contributed by atoms with van der Waals surface area (Å²) >= 11 is 0. The number of benzene rings is 1. The minimum Gasteiger partial charge on any atom is -0.463 e. The summed E-state index contributed by atoms with van der Waals surface area (Å²) < 4.78 is 19.8. The van der Waals surface area contributed by atoms with Crippen LogP contribution in [0.4, 0.5) is 10.1 Å². The number of furan rings is 1. The fraction of sp³-hybridized carbons (Fsp3) is 0.500. The van der Waals surface area contributed by atoms with Crippen molar-refractivity contribution >= 4 is 11.6 Å². The number of piperazine rings is 1. The van der Waals surface area contributed by atoms with E-state index in [9.17, 15) is 9.18 Å². The van der Waals surface area contributed by atoms with E-state index >= 15 is 0 Å². The van der Waals surface area contributed by atoms with Gasteiger partial charge in [-0.05, 0) is 29.7 Å². The molecule has 1 aromatic heterocycles. The molecule has 1 aliphatic heterocycles. The van der Waals surface area contributed by atoms with Gasteiger partial charge in [0.2, 0.25) is 5.91 Å². The zero-order chi connectivity index (χ0) is 20.1. The molecule has 1 fully saturated rings. The highest BCUT2D eigenvalue weighted by Crippen LogP contribution is 2.20. The average Bonchev–Trinajstić information content (AvgIpc) is 3.16. The first-order valence-electron chi connectivity index (χ1n) is 9.98. The van der Waals surface area contributed by atoms with Crippen LogP contribution in [-0.4, -0.2) is 38.6 Å². The standard InChI is InChI=1S/C22H30FN3O2/c1-22(2,3)15-21(27)24-16-19(20-9-6-14-28-20)26-12-10-25(11-13-26)18-8-5-4-7-17(18)23/h4-9,14,19H,10-13,15-16H2,1-3H3,(H,24,27)/p+1/t19-/m1/s1. The number of para-hydroxylation sites is 1. The second-order valence-electron chi connectivity index (χ2n) is 8.71. The highest BCUT2D eigenvalue weighted by atomic mass is 19.1. The third kappa shape index (κ3) is 5.35. The number of carbonyl (C=O) groups is 1. The molecule has 1 saturated heterocycles. The largest absolute Gasteiger partial charge is 0.463 e. The predicted octanol–water partition coefficient (Wildman–Crippen LogP) is 2.42. The maximum Gasteiger partial charge on any atom is 0.220 e. The van der Waals surface area contributed by atoms with Gasteiger partial charge in [-0.25, -0.2) is 4.39 Å². The summed E-state index contributed by atoms with van der Waals surface area (Å²) in [7, 11) is 0. The van der Waals surface area contributed by atoms with Crippen molar-refractivity contribution < 1.29 is 18.5 Å². The van der Waals surface area contributed by atoms with Crippen LogP contribution in [0.3, 0.4) is 0 Å². The highest BCUT2D eigenvalue weighted by molar-refractivity contribution is 5.76. The molecule has 152 valence electrons. The molecule has 3 rings (SSSR count). The Hall–Kier alpha value is -2.34. The van der Waals surface area contributed by atoms with Crippen molar-refractivity contribution in [2.75, 3.05) is 37.6 Å². The highest BCUT2D eigenvalue weighted by Gasteiger charge is 2.31. The monoisotopic (exact) mass is 388 g/mol. The maximum atomic E-state index is 14.1. The normalized spacial score (nSPS) is 16.8. The molecule has 0 saturated carbocycles. The number of anilines is 1. The van der Waals surface area contributed by atoms with E-state index in [1.165, 1.54) is 11.0 Å². The van der Waals surface area contributed by atoms with E-state index in [4.69, 9.17) is 4.42 Å². The average molecular weight is 389 g/mol. The van der Waals surface area contributed by atoms with E-state index in [-0.39, 0.29) is 23.2 Å². The third-order valence-corrected chi connectivity index (χ3v) is 5.17. The van der Waals surface area contributed by atoms with E-state index in [1.54, 1.807) is 12.3 Å². The number of halogens is 1. The van der Waals surface area contributed by atoms with Crippen LogP contribution in [0.2, 0.25) is 0 Å². The summed E-state index contributed by atoms with van der Waals surface area (Å²) in [6.07, 6.45) is 2.17.